The zero-order chi connectivity index (χ0) is 18.8. The Morgan fingerprint density at radius 1 is 0.679 bits per heavy atom. The maximum absolute atomic E-state index is 5.83. The molecule has 28 heavy (non-hydrogen) atoms. The minimum Gasteiger partial charge on any atom is -0.491 e. The molecular formula is C24H28O4. The maximum Gasteiger partial charge on any atom is 0.119 e. The van der Waals surface area contributed by atoms with Gasteiger partial charge in [0.1, 0.15) is 36.9 Å². The van der Waals surface area contributed by atoms with Crippen LogP contribution in [0.2, 0.25) is 0 Å². The predicted molar refractivity (Wildman–Crippen MR) is 107 cm³/mol. The minimum absolute atomic E-state index is 0.0918. The Morgan fingerprint density at radius 3 is 1.50 bits per heavy atom. The molecule has 3 fully saturated rings. The Morgan fingerprint density at radius 2 is 1.11 bits per heavy atom. The van der Waals surface area contributed by atoms with Crippen molar-refractivity contribution in [3.05, 3.63) is 59.7 Å². The van der Waals surface area contributed by atoms with Gasteiger partial charge in [-0.2, -0.15) is 0 Å². The fourth-order valence-electron chi connectivity index (χ4n) is 4.35. The molecule has 1 unspecified atom stereocenters. The molecule has 0 amide bonds. The van der Waals surface area contributed by atoms with E-state index in [-0.39, 0.29) is 17.6 Å². The van der Waals surface area contributed by atoms with Crippen LogP contribution in [0.5, 0.6) is 11.5 Å². The number of ether oxygens (including phenoxy) is 4. The van der Waals surface area contributed by atoms with Gasteiger partial charge in [-0.15, -0.1) is 0 Å². The number of benzene rings is 2. The summed E-state index contributed by atoms with van der Waals surface area (Å²) in [4.78, 5) is 0. The fraction of sp³-hybridized carbons (Fsp3) is 0.500. The predicted octanol–water partition coefficient (Wildman–Crippen LogP) is 4.49. The maximum atomic E-state index is 5.83. The summed E-state index contributed by atoms with van der Waals surface area (Å²) in [6, 6.07) is 17.5. The van der Waals surface area contributed by atoms with Gasteiger partial charge in [-0.1, -0.05) is 43.5 Å². The van der Waals surface area contributed by atoms with Gasteiger partial charge in [-0.3, -0.25) is 0 Å². The Labute approximate surface area is 166 Å². The van der Waals surface area contributed by atoms with Gasteiger partial charge in [-0.25, -0.2) is 0 Å². The van der Waals surface area contributed by atoms with Gasteiger partial charge >= 0.3 is 0 Å². The second-order valence-corrected chi connectivity index (χ2v) is 8.22. The summed E-state index contributed by atoms with van der Waals surface area (Å²) in [5.41, 5.74) is 2.87. The van der Waals surface area contributed by atoms with Crippen molar-refractivity contribution in [1.29, 1.82) is 0 Å². The average molecular weight is 380 g/mol. The molecule has 0 N–H and O–H groups in total. The molecule has 5 rings (SSSR count). The molecule has 0 radical (unpaired) electrons. The second-order valence-electron chi connectivity index (χ2n) is 8.22. The number of hydrogen-bond donors (Lipinski definition) is 0. The Hall–Kier alpha value is -2.04. The molecule has 2 aromatic rings. The van der Waals surface area contributed by atoms with Crippen LogP contribution in [0.1, 0.15) is 43.2 Å². The van der Waals surface area contributed by atoms with Gasteiger partial charge in [0.05, 0.1) is 13.2 Å². The van der Waals surface area contributed by atoms with Crippen molar-refractivity contribution in [1.82, 2.24) is 0 Å². The minimum atomic E-state index is 0.0918. The highest BCUT2D eigenvalue weighted by molar-refractivity contribution is 5.43. The fourth-order valence-corrected chi connectivity index (χ4v) is 4.35. The van der Waals surface area contributed by atoms with Crippen LogP contribution in [0.15, 0.2) is 48.5 Å². The molecule has 2 atom stereocenters. The van der Waals surface area contributed by atoms with E-state index in [1.165, 1.54) is 43.2 Å². The van der Waals surface area contributed by atoms with Crippen molar-refractivity contribution in [2.24, 2.45) is 0 Å². The molecule has 2 heterocycles. The first-order valence-electron chi connectivity index (χ1n) is 10.5. The van der Waals surface area contributed by atoms with Gasteiger partial charge < -0.3 is 18.9 Å². The lowest BCUT2D eigenvalue weighted by atomic mass is 9.65. The molecular weight excluding hydrogens is 352 g/mol. The van der Waals surface area contributed by atoms with Crippen LogP contribution in [0, 0.1) is 0 Å². The largest absolute Gasteiger partial charge is 0.491 e. The summed E-state index contributed by atoms with van der Waals surface area (Å²) >= 11 is 0. The smallest absolute Gasteiger partial charge is 0.119 e. The van der Waals surface area contributed by atoms with E-state index >= 15 is 0 Å². The van der Waals surface area contributed by atoms with E-state index in [1.807, 2.05) is 0 Å². The van der Waals surface area contributed by atoms with Gasteiger partial charge in [-0.05, 0) is 48.2 Å². The molecule has 2 saturated heterocycles. The molecule has 4 heteroatoms. The monoisotopic (exact) mass is 380 g/mol. The topological polar surface area (TPSA) is 43.5 Å². The lowest BCUT2D eigenvalue weighted by molar-refractivity contribution is 0.262. The number of epoxide rings is 2. The molecule has 3 aliphatic rings. The highest BCUT2D eigenvalue weighted by atomic mass is 16.6. The Balaban J connectivity index is 1.35. The van der Waals surface area contributed by atoms with Gasteiger partial charge in [0.15, 0.2) is 0 Å². The third-order valence-corrected chi connectivity index (χ3v) is 6.20. The van der Waals surface area contributed by atoms with Crippen molar-refractivity contribution >= 4 is 0 Å². The van der Waals surface area contributed by atoms with Crippen molar-refractivity contribution < 1.29 is 18.9 Å². The van der Waals surface area contributed by atoms with Crippen LogP contribution in [0.3, 0.4) is 0 Å². The van der Waals surface area contributed by atoms with Gasteiger partial charge in [0, 0.05) is 5.41 Å². The number of rotatable bonds is 8. The molecule has 2 aromatic carbocycles. The van der Waals surface area contributed by atoms with Crippen LogP contribution < -0.4 is 9.47 Å². The Bertz CT molecular complexity index is 708. The third-order valence-electron chi connectivity index (χ3n) is 6.20. The van der Waals surface area contributed by atoms with E-state index in [0.717, 1.165) is 24.7 Å². The lowest BCUT2D eigenvalue weighted by Crippen LogP contribution is -2.30. The average Bonchev–Trinajstić information content (AvgIpc) is 3.67. The SMILES string of the molecule is c1cc(C2(c3ccc(OC[C@H]4CO4)cc3)CCCCC2)ccc1OCC1CO1. The molecule has 1 aliphatic carbocycles. The first-order valence-corrected chi connectivity index (χ1v) is 10.5. The van der Waals surface area contributed by atoms with Crippen LogP contribution in [0.4, 0.5) is 0 Å². The van der Waals surface area contributed by atoms with Crippen LogP contribution in [0.25, 0.3) is 0 Å². The van der Waals surface area contributed by atoms with E-state index in [9.17, 15) is 0 Å². The molecule has 4 nitrogen and oxygen atoms in total. The zero-order valence-electron chi connectivity index (χ0n) is 16.3. The van der Waals surface area contributed by atoms with Crippen molar-refractivity contribution in [3.63, 3.8) is 0 Å². The van der Waals surface area contributed by atoms with Gasteiger partial charge in [0.2, 0.25) is 0 Å². The molecule has 2 aliphatic heterocycles. The van der Waals surface area contributed by atoms with Crippen molar-refractivity contribution in [2.75, 3.05) is 26.4 Å². The zero-order valence-corrected chi connectivity index (χ0v) is 16.3. The second kappa shape index (κ2) is 7.76. The molecule has 1 saturated carbocycles. The summed E-state index contributed by atoms with van der Waals surface area (Å²) in [6.45, 7) is 2.96. The van der Waals surface area contributed by atoms with Crippen molar-refractivity contribution in [2.45, 2.75) is 49.7 Å². The van der Waals surface area contributed by atoms with E-state index in [2.05, 4.69) is 48.5 Å². The van der Waals surface area contributed by atoms with Crippen LogP contribution in [-0.4, -0.2) is 38.6 Å². The highest BCUT2D eigenvalue weighted by Gasteiger charge is 2.35. The van der Waals surface area contributed by atoms with E-state index < -0.39 is 0 Å². The molecule has 0 aromatic heterocycles. The van der Waals surface area contributed by atoms with Crippen molar-refractivity contribution in [3.8, 4) is 11.5 Å². The summed E-state index contributed by atoms with van der Waals surface area (Å²) in [5, 5.41) is 0. The molecule has 0 bridgehead atoms. The lowest BCUT2D eigenvalue weighted by Gasteiger charge is -2.38. The van der Waals surface area contributed by atoms with Crippen LogP contribution >= 0.6 is 0 Å². The summed E-state index contributed by atoms with van der Waals surface area (Å²) < 4.78 is 22.1. The van der Waals surface area contributed by atoms with E-state index in [0.29, 0.717) is 13.2 Å². The third kappa shape index (κ3) is 4.03. The van der Waals surface area contributed by atoms with Crippen LogP contribution in [-0.2, 0) is 14.9 Å². The van der Waals surface area contributed by atoms with Gasteiger partial charge in [0.25, 0.3) is 0 Å². The first kappa shape index (κ1) is 18.0. The quantitative estimate of drug-likeness (QED) is 0.633. The standard InChI is InChI=1S/C24H28O4/c1-2-12-24(13-3-1,18-4-8-20(9-5-18)25-14-22-16-27-22)19-6-10-21(11-7-19)26-15-23-17-28-23/h4-11,22-23H,1-3,12-17H2/t22-,23?/m0/s1. The summed E-state index contributed by atoms with van der Waals surface area (Å²) in [7, 11) is 0. The highest BCUT2D eigenvalue weighted by Crippen LogP contribution is 2.45. The van der Waals surface area contributed by atoms with E-state index in [4.69, 9.17) is 18.9 Å². The normalized spacial score (nSPS) is 25.1. The summed E-state index contributed by atoms with van der Waals surface area (Å²) in [6.07, 6.45) is 6.84. The Kier molecular flexibility index (Phi) is 5.00. The molecule has 0 spiro atoms. The molecule has 148 valence electrons. The summed E-state index contributed by atoms with van der Waals surface area (Å²) in [5.74, 6) is 1.85. The van der Waals surface area contributed by atoms with E-state index in [1.54, 1.807) is 0 Å². The first-order chi connectivity index (χ1) is 13.8. The number of hydrogen-bond acceptors (Lipinski definition) is 4.